The molecule has 0 aromatic heterocycles. The highest BCUT2D eigenvalue weighted by Gasteiger charge is 2.14. The topological polar surface area (TPSA) is 41.1 Å². The second-order valence-electron chi connectivity index (χ2n) is 5.20. The fraction of sp³-hybridized carbons (Fsp3) is 0.533. The van der Waals surface area contributed by atoms with E-state index >= 15 is 0 Å². The Morgan fingerprint density at radius 2 is 2.32 bits per heavy atom. The third-order valence-electron chi connectivity index (χ3n) is 3.57. The number of halogens is 1. The lowest BCUT2D eigenvalue weighted by atomic mass is 10.0. The molecule has 4 heteroatoms. The Hall–Kier alpha value is -1.42. The molecule has 1 fully saturated rings. The molecule has 1 amide bonds. The summed E-state index contributed by atoms with van der Waals surface area (Å²) in [6.07, 6.45) is 5.01. The Bertz CT molecular complexity index is 442. The van der Waals surface area contributed by atoms with Gasteiger partial charge in [0, 0.05) is 18.2 Å². The summed E-state index contributed by atoms with van der Waals surface area (Å²) in [5.41, 5.74) is 1.22. The molecule has 0 saturated carbocycles. The van der Waals surface area contributed by atoms with Crippen molar-refractivity contribution < 1.29 is 9.18 Å². The summed E-state index contributed by atoms with van der Waals surface area (Å²) >= 11 is 0. The lowest BCUT2D eigenvalue weighted by Crippen LogP contribution is -2.34. The molecule has 0 bridgehead atoms. The molecule has 1 aliphatic heterocycles. The molecule has 1 heterocycles. The van der Waals surface area contributed by atoms with Crippen molar-refractivity contribution >= 4 is 11.6 Å². The van der Waals surface area contributed by atoms with E-state index in [1.165, 1.54) is 18.9 Å². The Labute approximate surface area is 113 Å². The summed E-state index contributed by atoms with van der Waals surface area (Å²) in [6.45, 7) is 2.75. The van der Waals surface area contributed by atoms with E-state index in [1.54, 1.807) is 19.1 Å². The Morgan fingerprint density at radius 1 is 1.47 bits per heavy atom. The fourth-order valence-electron chi connectivity index (χ4n) is 2.42. The second-order valence-corrected chi connectivity index (χ2v) is 5.20. The summed E-state index contributed by atoms with van der Waals surface area (Å²) in [5, 5.41) is 6.24. The molecule has 1 aromatic rings. The minimum Gasteiger partial charge on any atom is -0.326 e. The standard InChI is InChI=1S/C15H21FN2O/c1-11-10-13(5-7-14(11)16)18-15(19)8-6-12-4-2-3-9-17-12/h5,7,10,12,17H,2-4,6,8-9H2,1H3,(H,18,19). The number of piperidine rings is 1. The van der Waals surface area contributed by atoms with Gasteiger partial charge in [-0.15, -0.1) is 0 Å². The number of hydrogen-bond acceptors (Lipinski definition) is 2. The van der Waals surface area contributed by atoms with Crippen LogP contribution in [0.25, 0.3) is 0 Å². The molecule has 1 saturated heterocycles. The highest BCUT2D eigenvalue weighted by molar-refractivity contribution is 5.90. The van der Waals surface area contributed by atoms with Gasteiger partial charge in [-0.1, -0.05) is 6.42 Å². The first-order valence-corrected chi connectivity index (χ1v) is 6.94. The SMILES string of the molecule is Cc1cc(NC(=O)CCC2CCCCN2)ccc1F. The number of amides is 1. The summed E-state index contributed by atoms with van der Waals surface area (Å²) in [7, 11) is 0. The Balaban J connectivity index is 1.78. The summed E-state index contributed by atoms with van der Waals surface area (Å²) < 4.78 is 13.1. The molecule has 1 atom stereocenters. The van der Waals surface area contributed by atoms with Gasteiger partial charge in [-0.2, -0.15) is 0 Å². The average molecular weight is 264 g/mol. The smallest absolute Gasteiger partial charge is 0.224 e. The van der Waals surface area contributed by atoms with E-state index < -0.39 is 0 Å². The minimum atomic E-state index is -0.246. The van der Waals surface area contributed by atoms with Crippen LogP contribution in [-0.4, -0.2) is 18.5 Å². The molecular formula is C15H21FN2O. The van der Waals surface area contributed by atoms with Crippen molar-refractivity contribution in [3.63, 3.8) is 0 Å². The van der Waals surface area contributed by atoms with Crippen LogP contribution in [-0.2, 0) is 4.79 Å². The summed E-state index contributed by atoms with van der Waals surface area (Å²) in [4.78, 5) is 11.8. The van der Waals surface area contributed by atoms with Crippen molar-refractivity contribution in [2.45, 2.75) is 45.1 Å². The zero-order chi connectivity index (χ0) is 13.7. The van der Waals surface area contributed by atoms with E-state index in [4.69, 9.17) is 0 Å². The van der Waals surface area contributed by atoms with Crippen molar-refractivity contribution in [3.05, 3.63) is 29.6 Å². The zero-order valence-electron chi connectivity index (χ0n) is 11.3. The molecule has 1 unspecified atom stereocenters. The number of nitrogens with one attached hydrogen (secondary N) is 2. The molecule has 19 heavy (non-hydrogen) atoms. The lowest BCUT2D eigenvalue weighted by Gasteiger charge is -2.23. The van der Waals surface area contributed by atoms with Gasteiger partial charge in [-0.3, -0.25) is 4.79 Å². The summed E-state index contributed by atoms with van der Waals surface area (Å²) in [5.74, 6) is -0.247. The highest BCUT2D eigenvalue weighted by atomic mass is 19.1. The molecule has 2 N–H and O–H groups in total. The number of anilines is 1. The van der Waals surface area contributed by atoms with Crippen molar-refractivity contribution in [2.75, 3.05) is 11.9 Å². The number of hydrogen-bond donors (Lipinski definition) is 2. The van der Waals surface area contributed by atoms with Crippen LogP contribution >= 0.6 is 0 Å². The molecule has 2 rings (SSSR count). The van der Waals surface area contributed by atoms with E-state index in [9.17, 15) is 9.18 Å². The first-order valence-electron chi connectivity index (χ1n) is 6.94. The Kier molecular flexibility index (Phi) is 4.91. The summed E-state index contributed by atoms with van der Waals surface area (Å²) in [6, 6.07) is 5.10. The van der Waals surface area contributed by atoms with Crippen LogP contribution in [0.2, 0.25) is 0 Å². The molecule has 0 radical (unpaired) electrons. The number of carbonyl (C=O) groups is 1. The van der Waals surface area contributed by atoms with Crippen molar-refractivity contribution in [2.24, 2.45) is 0 Å². The quantitative estimate of drug-likeness (QED) is 0.877. The van der Waals surface area contributed by atoms with Crippen molar-refractivity contribution in [1.29, 1.82) is 0 Å². The molecule has 0 spiro atoms. The minimum absolute atomic E-state index is 0.00150. The van der Waals surface area contributed by atoms with Crippen LogP contribution in [0.1, 0.15) is 37.7 Å². The second kappa shape index (κ2) is 6.66. The van der Waals surface area contributed by atoms with Crippen molar-refractivity contribution in [1.82, 2.24) is 5.32 Å². The maximum atomic E-state index is 13.1. The van der Waals surface area contributed by atoms with E-state index in [-0.39, 0.29) is 11.7 Å². The van der Waals surface area contributed by atoms with Crippen LogP contribution in [0.15, 0.2) is 18.2 Å². The molecular weight excluding hydrogens is 243 g/mol. The molecule has 1 aliphatic rings. The van der Waals surface area contributed by atoms with Crippen molar-refractivity contribution in [3.8, 4) is 0 Å². The van der Waals surface area contributed by atoms with Gasteiger partial charge >= 0.3 is 0 Å². The van der Waals surface area contributed by atoms with E-state index in [0.29, 0.717) is 23.7 Å². The number of aryl methyl sites for hydroxylation is 1. The van der Waals surface area contributed by atoms with Crippen LogP contribution in [0.4, 0.5) is 10.1 Å². The van der Waals surface area contributed by atoms with Crippen LogP contribution in [0.3, 0.4) is 0 Å². The number of rotatable bonds is 4. The lowest BCUT2D eigenvalue weighted by molar-refractivity contribution is -0.116. The van der Waals surface area contributed by atoms with Gasteiger partial charge in [0.1, 0.15) is 5.82 Å². The normalized spacial score (nSPS) is 19.2. The van der Waals surface area contributed by atoms with Gasteiger partial charge in [-0.25, -0.2) is 4.39 Å². The van der Waals surface area contributed by atoms with Crippen LogP contribution in [0, 0.1) is 12.7 Å². The van der Waals surface area contributed by atoms with Crippen LogP contribution in [0.5, 0.6) is 0 Å². The largest absolute Gasteiger partial charge is 0.326 e. The third kappa shape index (κ3) is 4.31. The molecule has 0 aliphatic carbocycles. The van der Waals surface area contributed by atoms with Gasteiger partial charge in [-0.05, 0) is 56.5 Å². The monoisotopic (exact) mass is 264 g/mol. The van der Waals surface area contributed by atoms with E-state index in [0.717, 1.165) is 19.4 Å². The number of carbonyl (C=O) groups excluding carboxylic acids is 1. The first kappa shape index (κ1) is 14.0. The third-order valence-corrected chi connectivity index (χ3v) is 3.57. The zero-order valence-corrected chi connectivity index (χ0v) is 11.3. The molecule has 104 valence electrons. The van der Waals surface area contributed by atoms with Gasteiger partial charge in [0.05, 0.1) is 0 Å². The van der Waals surface area contributed by atoms with Crippen LogP contribution < -0.4 is 10.6 Å². The Morgan fingerprint density at radius 3 is 3.00 bits per heavy atom. The predicted molar refractivity (Wildman–Crippen MR) is 74.6 cm³/mol. The van der Waals surface area contributed by atoms with E-state index in [2.05, 4.69) is 10.6 Å². The van der Waals surface area contributed by atoms with Gasteiger partial charge in [0.25, 0.3) is 0 Å². The van der Waals surface area contributed by atoms with Gasteiger partial charge in [0.2, 0.25) is 5.91 Å². The first-order chi connectivity index (χ1) is 9.15. The fourth-order valence-corrected chi connectivity index (χ4v) is 2.42. The maximum absolute atomic E-state index is 13.1. The molecule has 1 aromatic carbocycles. The maximum Gasteiger partial charge on any atom is 0.224 e. The highest BCUT2D eigenvalue weighted by Crippen LogP contribution is 2.15. The average Bonchev–Trinajstić information content (AvgIpc) is 2.42. The number of benzene rings is 1. The van der Waals surface area contributed by atoms with E-state index in [1.807, 2.05) is 0 Å². The van der Waals surface area contributed by atoms with Gasteiger partial charge in [0.15, 0.2) is 0 Å². The van der Waals surface area contributed by atoms with Gasteiger partial charge < -0.3 is 10.6 Å². The molecule has 3 nitrogen and oxygen atoms in total. The predicted octanol–water partition coefficient (Wildman–Crippen LogP) is 2.99.